The van der Waals surface area contributed by atoms with Crippen molar-refractivity contribution in [1.82, 2.24) is 20.2 Å². The SMILES string of the molecule is C#CCCC(=O)Nc1ccc(NC(=O)CSc2nnnn2-c2ccc(C(C)(C)C)cc2Cl)c(Cl)c1. The van der Waals surface area contributed by atoms with Gasteiger partial charge in [-0.25, -0.2) is 0 Å². The van der Waals surface area contributed by atoms with Crippen molar-refractivity contribution in [2.75, 3.05) is 16.4 Å². The van der Waals surface area contributed by atoms with Gasteiger partial charge in [0, 0.05) is 18.5 Å². The number of amides is 2. The predicted molar refractivity (Wildman–Crippen MR) is 140 cm³/mol. The first-order valence-electron chi connectivity index (χ1n) is 10.6. The lowest BCUT2D eigenvalue weighted by Crippen LogP contribution is -2.15. The fraction of sp³-hybridized carbons (Fsp3) is 0.292. The van der Waals surface area contributed by atoms with Crippen LogP contribution in [0, 0.1) is 12.3 Å². The molecule has 2 amide bonds. The summed E-state index contributed by atoms with van der Waals surface area (Å²) in [6.45, 7) is 6.31. The largest absolute Gasteiger partial charge is 0.326 e. The van der Waals surface area contributed by atoms with Crippen molar-refractivity contribution in [2.45, 2.75) is 44.2 Å². The molecule has 0 saturated carbocycles. The van der Waals surface area contributed by atoms with Crippen LogP contribution in [0.4, 0.5) is 11.4 Å². The Hall–Kier alpha value is -3.06. The maximum absolute atomic E-state index is 12.5. The molecule has 0 aliphatic rings. The van der Waals surface area contributed by atoms with Gasteiger partial charge in [0.2, 0.25) is 17.0 Å². The van der Waals surface area contributed by atoms with Gasteiger partial charge in [0.15, 0.2) is 0 Å². The average molecular weight is 531 g/mol. The minimum absolute atomic E-state index is 0.0406. The van der Waals surface area contributed by atoms with Crippen LogP contribution in [0.2, 0.25) is 10.0 Å². The molecule has 11 heteroatoms. The summed E-state index contributed by atoms with van der Waals surface area (Å²) in [4.78, 5) is 24.3. The van der Waals surface area contributed by atoms with Crippen LogP contribution in [0.3, 0.4) is 0 Å². The van der Waals surface area contributed by atoms with Gasteiger partial charge >= 0.3 is 0 Å². The van der Waals surface area contributed by atoms with E-state index in [2.05, 4.69) is 52.9 Å². The Bertz CT molecular complexity index is 1280. The number of anilines is 2. The molecule has 0 saturated heterocycles. The van der Waals surface area contributed by atoms with E-state index in [1.165, 1.54) is 4.68 Å². The van der Waals surface area contributed by atoms with Crippen LogP contribution in [-0.4, -0.2) is 37.8 Å². The molecule has 0 unspecified atom stereocenters. The Kier molecular flexibility index (Phi) is 8.78. The van der Waals surface area contributed by atoms with Crippen LogP contribution in [0.5, 0.6) is 0 Å². The third kappa shape index (κ3) is 7.21. The number of halogens is 2. The van der Waals surface area contributed by atoms with Crippen LogP contribution in [0.1, 0.15) is 39.2 Å². The summed E-state index contributed by atoms with van der Waals surface area (Å²) >= 11 is 13.9. The molecular formula is C24H24Cl2N6O2S. The first-order valence-corrected chi connectivity index (χ1v) is 12.4. The molecule has 0 aliphatic carbocycles. The van der Waals surface area contributed by atoms with E-state index < -0.39 is 0 Å². The molecule has 0 atom stereocenters. The molecule has 0 bridgehead atoms. The minimum atomic E-state index is -0.300. The third-order valence-electron chi connectivity index (χ3n) is 4.84. The summed E-state index contributed by atoms with van der Waals surface area (Å²) in [7, 11) is 0. The van der Waals surface area contributed by atoms with E-state index in [0.717, 1.165) is 17.3 Å². The second-order valence-electron chi connectivity index (χ2n) is 8.57. The number of thioether (sulfide) groups is 1. The van der Waals surface area contributed by atoms with Crippen molar-refractivity contribution in [1.29, 1.82) is 0 Å². The number of carbonyl (C=O) groups is 2. The van der Waals surface area contributed by atoms with Gasteiger partial charge in [-0.15, -0.1) is 17.4 Å². The van der Waals surface area contributed by atoms with E-state index in [9.17, 15) is 9.59 Å². The molecule has 2 aromatic carbocycles. The second kappa shape index (κ2) is 11.6. The van der Waals surface area contributed by atoms with Gasteiger partial charge in [-0.1, -0.05) is 61.8 Å². The van der Waals surface area contributed by atoms with E-state index >= 15 is 0 Å². The average Bonchev–Trinajstić information content (AvgIpc) is 3.25. The zero-order valence-corrected chi connectivity index (χ0v) is 21.8. The molecule has 1 aromatic heterocycles. The van der Waals surface area contributed by atoms with Crippen LogP contribution in [0.25, 0.3) is 5.69 Å². The zero-order valence-electron chi connectivity index (χ0n) is 19.4. The molecule has 3 rings (SSSR count). The molecule has 35 heavy (non-hydrogen) atoms. The summed E-state index contributed by atoms with van der Waals surface area (Å²) in [5, 5.41) is 18.4. The molecule has 0 fully saturated rings. The Morgan fingerprint density at radius 1 is 1.09 bits per heavy atom. The Morgan fingerprint density at radius 3 is 2.51 bits per heavy atom. The summed E-state index contributed by atoms with van der Waals surface area (Å²) in [6.07, 6.45) is 5.74. The van der Waals surface area contributed by atoms with Crippen molar-refractivity contribution in [3.63, 3.8) is 0 Å². The topological polar surface area (TPSA) is 102 Å². The van der Waals surface area contributed by atoms with Gasteiger partial charge in [0.1, 0.15) is 0 Å². The number of hydrogen-bond acceptors (Lipinski definition) is 6. The molecule has 1 heterocycles. The molecular weight excluding hydrogens is 507 g/mol. The lowest BCUT2D eigenvalue weighted by molar-refractivity contribution is -0.116. The van der Waals surface area contributed by atoms with Crippen molar-refractivity contribution < 1.29 is 9.59 Å². The number of aromatic nitrogens is 4. The van der Waals surface area contributed by atoms with Gasteiger partial charge < -0.3 is 10.6 Å². The molecule has 8 nitrogen and oxygen atoms in total. The van der Waals surface area contributed by atoms with Gasteiger partial charge in [0.25, 0.3) is 0 Å². The molecule has 0 aliphatic heterocycles. The zero-order chi connectivity index (χ0) is 25.6. The molecule has 2 N–H and O–H groups in total. The number of carbonyl (C=O) groups excluding carboxylic acids is 2. The van der Waals surface area contributed by atoms with Crippen molar-refractivity contribution in [3.05, 3.63) is 52.0 Å². The number of tetrazole rings is 1. The number of hydrogen-bond donors (Lipinski definition) is 2. The summed E-state index contributed by atoms with van der Waals surface area (Å²) in [6, 6.07) is 10.5. The summed E-state index contributed by atoms with van der Waals surface area (Å²) < 4.78 is 1.50. The predicted octanol–water partition coefficient (Wildman–Crippen LogP) is 5.35. The summed E-state index contributed by atoms with van der Waals surface area (Å²) in [5.41, 5.74) is 2.58. The number of rotatable bonds is 8. The van der Waals surface area contributed by atoms with Crippen molar-refractivity contribution in [2.24, 2.45) is 0 Å². The van der Waals surface area contributed by atoms with Gasteiger partial charge in [-0.05, 0) is 51.7 Å². The number of nitrogens with zero attached hydrogens (tertiary/aromatic N) is 4. The first-order chi connectivity index (χ1) is 16.6. The van der Waals surface area contributed by atoms with E-state index in [1.54, 1.807) is 18.2 Å². The summed E-state index contributed by atoms with van der Waals surface area (Å²) in [5.74, 6) is 1.95. The van der Waals surface area contributed by atoms with E-state index in [1.807, 2.05) is 18.2 Å². The molecule has 0 radical (unpaired) electrons. The highest BCUT2D eigenvalue weighted by Crippen LogP contribution is 2.31. The van der Waals surface area contributed by atoms with Crippen molar-refractivity contribution in [3.8, 4) is 18.0 Å². The monoisotopic (exact) mass is 530 g/mol. The lowest BCUT2D eigenvalue weighted by atomic mass is 9.87. The van der Waals surface area contributed by atoms with Crippen molar-refractivity contribution >= 4 is 58.2 Å². The van der Waals surface area contributed by atoms with E-state index in [0.29, 0.717) is 33.7 Å². The lowest BCUT2D eigenvalue weighted by Gasteiger charge is -2.20. The van der Waals surface area contributed by atoms with E-state index in [4.69, 9.17) is 29.6 Å². The van der Waals surface area contributed by atoms with Crippen LogP contribution >= 0.6 is 35.0 Å². The maximum Gasteiger partial charge on any atom is 0.234 e. The third-order valence-corrected chi connectivity index (χ3v) is 6.37. The molecule has 3 aromatic rings. The second-order valence-corrected chi connectivity index (χ2v) is 10.3. The van der Waals surface area contributed by atoms with Crippen LogP contribution in [0.15, 0.2) is 41.6 Å². The molecule has 182 valence electrons. The normalized spacial score (nSPS) is 11.1. The standard InChI is InChI=1S/C24H24Cl2N6O2S/c1-5-6-7-21(33)27-16-9-10-19(17(25)13-16)28-22(34)14-35-23-29-30-31-32(23)20-11-8-15(12-18(20)26)24(2,3)4/h1,8-13H,6-7,14H2,2-4H3,(H,27,33)(H,28,34). The Balaban J connectivity index is 1.62. The quantitative estimate of drug-likeness (QED) is 0.300. The maximum atomic E-state index is 12.5. The van der Waals surface area contributed by atoms with Gasteiger partial charge in [-0.3, -0.25) is 9.59 Å². The van der Waals surface area contributed by atoms with E-state index in [-0.39, 0.29) is 34.4 Å². The van der Waals surface area contributed by atoms with Gasteiger partial charge in [0.05, 0.1) is 27.2 Å². The number of benzene rings is 2. The fourth-order valence-corrected chi connectivity index (χ4v) is 4.16. The Morgan fingerprint density at radius 2 is 1.86 bits per heavy atom. The first kappa shape index (κ1) is 26.5. The van der Waals surface area contributed by atoms with Crippen LogP contribution in [-0.2, 0) is 15.0 Å². The highest BCUT2D eigenvalue weighted by molar-refractivity contribution is 7.99. The van der Waals surface area contributed by atoms with Gasteiger partial charge in [-0.2, -0.15) is 4.68 Å². The Labute approximate surface area is 218 Å². The highest BCUT2D eigenvalue weighted by atomic mass is 35.5. The highest BCUT2D eigenvalue weighted by Gasteiger charge is 2.18. The number of nitrogens with one attached hydrogen (secondary N) is 2. The van der Waals surface area contributed by atoms with Crippen LogP contribution < -0.4 is 10.6 Å². The smallest absolute Gasteiger partial charge is 0.234 e. The minimum Gasteiger partial charge on any atom is -0.326 e. The fourth-order valence-electron chi connectivity index (χ4n) is 2.99. The molecule has 0 spiro atoms. The number of terminal acetylenes is 1.